The molecule has 3 heterocycles. The van der Waals surface area contributed by atoms with E-state index in [9.17, 15) is 14.4 Å². The topological polar surface area (TPSA) is 136 Å². The molecule has 12 heteroatoms. The summed E-state index contributed by atoms with van der Waals surface area (Å²) in [6.07, 6.45) is 4.82. The number of halogens is 1. The lowest BCUT2D eigenvalue weighted by molar-refractivity contribution is -0.154. The molecule has 3 N–H and O–H groups in total. The summed E-state index contributed by atoms with van der Waals surface area (Å²) in [5.41, 5.74) is 1.39. The summed E-state index contributed by atoms with van der Waals surface area (Å²) in [4.78, 5) is 40.1. The molecule has 2 amide bonds. The number of ether oxygens (including phenoxy) is 4. The number of carbonyl (C=O) groups is 3. The molecule has 40 heavy (non-hydrogen) atoms. The van der Waals surface area contributed by atoms with E-state index in [0.29, 0.717) is 30.7 Å². The Hall–Kier alpha value is -3.12. The van der Waals surface area contributed by atoms with E-state index in [0.717, 1.165) is 11.1 Å². The van der Waals surface area contributed by atoms with E-state index >= 15 is 0 Å². The maximum atomic E-state index is 13.6. The molecule has 11 nitrogen and oxygen atoms in total. The van der Waals surface area contributed by atoms with E-state index in [2.05, 4.69) is 5.32 Å². The molecule has 2 fully saturated rings. The second-order valence-corrected chi connectivity index (χ2v) is 11.2. The number of hydrogen-bond acceptors (Lipinski definition) is 9. The Morgan fingerprint density at radius 1 is 1.35 bits per heavy atom. The van der Waals surface area contributed by atoms with Gasteiger partial charge in [-0.2, -0.15) is 0 Å². The summed E-state index contributed by atoms with van der Waals surface area (Å²) >= 11 is 6.64. The maximum Gasteiger partial charge on any atom is 0.407 e. The van der Waals surface area contributed by atoms with Gasteiger partial charge in [-0.15, -0.1) is 0 Å². The van der Waals surface area contributed by atoms with Crippen molar-refractivity contribution < 1.29 is 33.3 Å². The molecule has 0 saturated carbocycles. The number of epoxide rings is 1. The fourth-order valence-electron chi connectivity index (χ4n) is 5.19. The highest BCUT2D eigenvalue weighted by molar-refractivity contribution is 6.35. The number of nitrogens with zero attached hydrogens (tertiary/aromatic N) is 2. The number of alkyl carbamates (subject to hydrolysis) is 1. The molecule has 3 aliphatic heterocycles. The van der Waals surface area contributed by atoms with Crippen molar-refractivity contribution in [3.8, 4) is 5.75 Å². The third-order valence-corrected chi connectivity index (χ3v) is 7.81. The second-order valence-electron chi connectivity index (χ2n) is 10.8. The van der Waals surface area contributed by atoms with Crippen LogP contribution in [0.4, 0.5) is 10.5 Å². The number of rotatable bonds is 4. The Bertz CT molecular complexity index is 1220. The quantitative estimate of drug-likeness (QED) is 0.240. The lowest BCUT2D eigenvalue weighted by Crippen LogP contribution is -2.49. The molecular formula is C28H37ClN4O7. The van der Waals surface area contributed by atoms with Crippen molar-refractivity contribution in [1.29, 1.82) is 0 Å². The van der Waals surface area contributed by atoms with E-state index in [1.54, 1.807) is 14.0 Å². The van der Waals surface area contributed by atoms with Gasteiger partial charge in [-0.25, -0.2) is 9.80 Å². The van der Waals surface area contributed by atoms with Crippen molar-refractivity contribution in [3.05, 3.63) is 46.5 Å². The largest absolute Gasteiger partial charge is 0.495 e. The molecule has 2 saturated heterocycles. The van der Waals surface area contributed by atoms with Crippen LogP contribution >= 0.6 is 11.6 Å². The van der Waals surface area contributed by atoms with Crippen molar-refractivity contribution in [2.75, 3.05) is 32.6 Å². The number of allylic oxidation sites excluding steroid dienone is 3. The molecule has 0 radical (unpaired) electrons. The van der Waals surface area contributed by atoms with Crippen LogP contribution in [-0.2, 0) is 30.2 Å². The number of esters is 1. The molecule has 4 bridgehead atoms. The van der Waals surface area contributed by atoms with Gasteiger partial charge in [0.15, 0.2) is 0 Å². The molecule has 218 valence electrons. The van der Waals surface area contributed by atoms with Gasteiger partial charge in [-0.05, 0) is 44.4 Å². The monoisotopic (exact) mass is 576 g/mol. The first kappa shape index (κ1) is 29.9. The molecule has 4 rings (SSSR count). The minimum atomic E-state index is -1.06. The number of benzene rings is 1. The number of likely N-dealkylation sites (N-methyl/N-ethyl adjacent to an activating group) is 1. The number of nitrogens with one attached hydrogen (secondary N) is 1. The molecule has 3 aliphatic rings. The first-order valence-electron chi connectivity index (χ1n) is 13.2. The van der Waals surface area contributed by atoms with Gasteiger partial charge in [-0.1, -0.05) is 35.4 Å². The van der Waals surface area contributed by atoms with E-state index < -0.39 is 36.0 Å². The van der Waals surface area contributed by atoms with Gasteiger partial charge >= 0.3 is 12.1 Å². The number of amides is 2. The zero-order valence-corrected chi connectivity index (χ0v) is 24.2. The Balaban J connectivity index is 1.72. The highest BCUT2D eigenvalue weighted by Crippen LogP contribution is 2.47. The summed E-state index contributed by atoms with van der Waals surface area (Å²) in [6, 6.07) is 3.54. The normalized spacial score (nSPS) is 31.0. The first-order chi connectivity index (χ1) is 18.9. The molecule has 0 spiro atoms. The number of methoxy groups -OCH3 is 1. The lowest BCUT2D eigenvalue weighted by Gasteiger charge is -2.31. The number of fused-ring (bicyclic) bond motifs is 6. The number of hydrogen-bond donors (Lipinski definition) is 2. The molecule has 0 aromatic heterocycles. The van der Waals surface area contributed by atoms with Crippen LogP contribution in [0.3, 0.4) is 0 Å². The molecule has 0 aliphatic carbocycles. The molecule has 5 atom stereocenters. The maximum absolute atomic E-state index is 13.6. The highest BCUT2D eigenvalue weighted by Gasteiger charge is 2.64. The van der Waals surface area contributed by atoms with Gasteiger partial charge in [0.1, 0.15) is 41.2 Å². The van der Waals surface area contributed by atoms with E-state index in [1.165, 1.54) is 24.1 Å². The average molecular weight is 577 g/mol. The first-order valence-corrected chi connectivity index (χ1v) is 13.5. The Morgan fingerprint density at radius 3 is 2.80 bits per heavy atom. The number of nitrogens with two attached hydrogens (primary N) is 1. The minimum Gasteiger partial charge on any atom is -0.495 e. The SMILES string of the molecule is COc1cc2cc(c1Cl)N(C)C(=O)C[C@H](OC(=O)CN(C)N)C1(C)OC1C1CC(C/C=C/C=C(\C)C2)NC(=O)O1. The smallest absolute Gasteiger partial charge is 0.407 e. The minimum absolute atomic E-state index is 0.161. The van der Waals surface area contributed by atoms with Gasteiger partial charge in [-0.3, -0.25) is 15.4 Å². The summed E-state index contributed by atoms with van der Waals surface area (Å²) in [5, 5.41) is 4.32. The standard InChI is InChI=1S/C28H37ClN4O7/c1-16-8-6-7-9-18-13-21(38-27(36)31-18)26-28(2,40-26)22(39-24(35)15-32(3)30)14-23(34)33(4)19-11-17(10-16)12-20(37-5)25(19)29/h6-8,11-12,18,21-22,26H,9-10,13-15,30H2,1-5H3,(H,31,36)/b7-6+,16-8+/t18?,21?,22-,26?,28?/m0/s1. The third kappa shape index (κ3) is 6.77. The van der Waals surface area contributed by atoms with Gasteiger partial charge in [0.2, 0.25) is 5.91 Å². The van der Waals surface area contributed by atoms with Crippen LogP contribution in [0.25, 0.3) is 0 Å². The van der Waals surface area contributed by atoms with Crippen LogP contribution in [0.5, 0.6) is 5.75 Å². The van der Waals surface area contributed by atoms with Crippen molar-refractivity contribution in [2.24, 2.45) is 5.84 Å². The predicted molar refractivity (Wildman–Crippen MR) is 149 cm³/mol. The van der Waals surface area contributed by atoms with Crippen molar-refractivity contribution in [2.45, 2.75) is 69.5 Å². The second kappa shape index (κ2) is 12.2. The van der Waals surface area contributed by atoms with E-state index in [1.807, 2.05) is 37.3 Å². The van der Waals surface area contributed by atoms with Gasteiger partial charge in [0.25, 0.3) is 0 Å². The van der Waals surface area contributed by atoms with Gasteiger partial charge in [0, 0.05) is 26.6 Å². The number of anilines is 1. The number of carbonyl (C=O) groups excluding carboxylic acids is 3. The van der Waals surface area contributed by atoms with E-state index in [-0.39, 0.29) is 29.9 Å². The zero-order chi connectivity index (χ0) is 29.2. The van der Waals surface area contributed by atoms with Crippen molar-refractivity contribution >= 4 is 35.3 Å². The van der Waals surface area contributed by atoms with Crippen LogP contribution in [0.2, 0.25) is 5.02 Å². The Labute approximate surface area is 239 Å². The van der Waals surface area contributed by atoms with E-state index in [4.69, 9.17) is 36.4 Å². The summed E-state index contributed by atoms with van der Waals surface area (Å²) in [7, 11) is 4.66. The van der Waals surface area contributed by atoms with Gasteiger partial charge < -0.3 is 29.2 Å². The zero-order valence-electron chi connectivity index (χ0n) is 23.4. The summed E-state index contributed by atoms with van der Waals surface area (Å²) < 4.78 is 22.9. The average Bonchev–Trinajstić information content (AvgIpc) is 3.58. The van der Waals surface area contributed by atoms with Crippen LogP contribution in [0.1, 0.15) is 38.7 Å². The molecule has 4 unspecified atom stereocenters. The molecule has 1 aromatic carbocycles. The van der Waals surface area contributed by atoms with Crippen molar-refractivity contribution in [1.82, 2.24) is 10.3 Å². The molecular weight excluding hydrogens is 540 g/mol. The van der Waals surface area contributed by atoms with Crippen LogP contribution < -0.4 is 20.8 Å². The summed E-state index contributed by atoms with van der Waals surface area (Å²) in [6.45, 7) is 3.58. The van der Waals surface area contributed by atoms with Gasteiger partial charge in [0.05, 0.1) is 19.2 Å². The fraction of sp³-hybridized carbons (Fsp3) is 0.536. The Morgan fingerprint density at radius 2 is 2.10 bits per heavy atom. The van der Waals surface area contributed by atoms with Crippen LogP contribution in [-0.4, -0.2) is 80.7 Å². The third-order valence-electron chi connectivity index (χ3n) is 7.43. The highest BCUT2D eigenvalue weighted by atomic mass is 35.5. The number of hydrazine groups is 1. The van der Waals surface area contributed by atoms with Crippen LogP contribution in [0, 0.1) is 0 Å². The lowest BCUT2D eigenvalue weighted by atomic mass is 9.90. The van der Waals surface area contributed by atoms with Crippen molar-refractivity contribution in [3.63, 3.8) is 0 Å². The van der Waals surface area contributed by atoms with Crippen LogP contribution in [0.15, 0.2) is 35.9 Å². The summed E-state index contributed by atoms with van der Waals surface area (Å²) in [5.74, 6) is 5.12. The predicted octanol–water partition coefficient (Wildman–Crippen LogP) is 2.89. The Kier molecular flexibility index (Phi) is 9.09. The fourth-order valence-corrected chi connectivity index (χ4v) is 5.50. The molecule has 1 aromatic rings.